The molecule has 0 radical (unpaired) electrons. The molecule has 138 valence electrons. The molecular formula is C16H26N6O3. The van der Waals surface area contributed by atoms with E-state index in [1.54, 1.807) is 0 Å². The van der Waals surface area contributed by atoms with E-state index in [4.69, 9.17) is 4.74 Å². The number of hydrogen-bond acceptors (Lipinski definition) is 8. The highest BCUT2D eigenvalue weighted by molar-refractivity contribution is 5.58. The molecule has 1 saturated heterocycles. The van der Waals surface area contributed by atoms with Gasteiger partial charge >= 0.3 is 5.69 Å². The standard InChI is InChI=1S/C16H26N6O3/c1-11(2)13(21-5-7-25-8-6-21)9-17-16-18-10-14(22(23)24)15(20-16)19-12-3-4-12/h10-13H,3-9H2,1-2H3,(H2,17,18,19,20). The molecule has 2 fully saturated rings. The van der Waals surface area contributed by atoms with Crippen LogP contribution in [0.4, 0.5) is 17.5 Å². The monoisotopic (exact) mass is 350 g/mol. The molecule has 9 heteroatoms. The molecule has 1 aliphatic heterocycles. The van der Waals surface area contributed by atoms with Gasteiger partial charge in [0, 0.05) is 31.7 Å². The average molecular weight is 350 g/mol. The molecule has 1 saturated carbocycles. The third-order valence-electron chi connectivity index (χ3n) is 4.64. The first-order valence-corrected chi connectivity index (χ1v) is 8.88. The van der Waals surface area contributed by atoms with Crippen LogP contribution < -0.4 is 10.6 Å². The third kappa shape index (κ3) is 4.76. The van der Waals surface area contributed by atoms with E-state index in [-0.39, 0.29) is 5.69 Å². The lowest BCUT2D eigenvalue weighted by Gasteiger charge is -2.36. The van der Waals surface area contributed by atoms with Gasteiger partial charge in [-0.1, -0.05) is 13.8 Å². The zero-order chi connectivity index (χ0) is 17.8. The number of aromatic nitrogens is 2. The second-order valence-corrected chi connectivity index (χ2v) is 6.94. The number of rotatable bonds is 8. The number of morpholine rings is 1. The van der Waals surface area contributed by atoms with Crippen molar-refractivity contribution in [2.75, 3.05) is 43.5 Å². The molecule has 25 heavy (non-hydrogen) atoms. The van der Waals surface area contributed by atoms with Crippen LogP contribution >= 0.6 is 0 Å². The number of anilines is 2. The van der Waals surface area contributed by atoms with Gasteiger partial charge in [-0.05, 0) is 18.8 Å². The Labute approximate surface area is 147 Å². The van der Waals surface area contributed by atoms with Crippen LogP contribution in [-0.2, 0) is 4.74 Å². The first-order chi connectivity index (χ1) is 12.0. The molecule has 0 spiro atoms. The fraction of sp³-hybridized carbons (Fsp3) is 0.750. The summed E-state index contributed by atoms with van der Waals surface area (Å²) >= 11 is 0. The molecule has 2 N–H and O–H groups in total. The Morgan fingerprint density at radius 1 is 1.40 bits per heavy atom. The van der Waals surface area contributed by atoms with Crippen LogP contribution in [0, 0.1) is 16.0 Å². The van der Waals surface area contributed by atoms with Gasteiger partial charge in [0.2, 0.25) is 11.8 Å². The van der Waals surface area contributed by atoms with Gasteiger partial charge < -0.3 is 15.4 Å². The van der Waals surface area contributed by atoms with E-state index >= 15 is 0 Å². The quantitative estimate of drug-likeness (QED) is 0.539. The van der Waals surface area contributed by atoms with Crippen molar-refractivity contribution in [3.8, 4) is 0 Å². The molecule has 1 aromatic heterocycles. The van der Waals surface area contributed by atoms with Crippen molar-refractivity contribution in [1.29, 1.82) is 0 Å². The third-order valence-corrected chi connectivity index (χ3v) is 4.64. The Bertz CT molecular complexity index is 602. The van der Waals surface area contributed by atoms with Crippen molar-refractivity contribution in [2.24, 2.45) is 5.92 Å². The largest absolute Gasteiger partial charge is 0.379 e. The molecular weight excluding hydrogens is 324 g/mol. The van der Waals surface area contributed by atoms with E-state index in [9.17, 15) is 10.1 Å². The summed E-state index contributed by atoms with van der Waals surface area (Å²) in [7, 11) is 0. The lowest BCUT2D eigenvalue weighted by molar-refractivity contribution is -0.384. The first-order valence-electron chi connectivity index (χ1n) is 8.88. The lowest BCUT2D eigenvalue weighted by Crippen LogP contribution is -2.49. The molecule has 1 unspecified atom stereocenters. The van der Waals surface area contributed by atoms with Gasteiger partial charge in [0.15, 0.2) is 0 Å². The zero-order valence-corrected chi connectivity index (χ0v) is 14.8. The van der Waals surface area contributed by atoms with Crippen LogP contribution in [0.15, 0.2) is 6.20 Å². The van der Waals surface area contributed by atoms with Crippen molar-refractivity contribution in [3.63, 3.8) is 0 Å². The SMILES string of the molecule is CC(C)C(CNc1ncc([N+](=O)[O-])c(NC2CC2)n1)N1CCOCC1. The Morgan fingerprint density at radius 3 is 2.72 bits per heavy atom. The first kappa shape index (κ1) is 17.8. The molecule has 9 nitrogen and oxygen atoms in total. The highest BCUT2D eigenvalue weighted by Crippen LogP contribution is 2.29. The van der Waals surface area contributed by atoms with Crippen LogP contribution in [0.1, 0.15) is 26.7 Å². The Kier molecular flexibility index (Phi) is 5.64. The molecule has 1 atom stereocenters. The van der Waals surface area contributed by atoms with Gasteiger partial charge in [-0.15, -0.1) is 0 Å². The Morgan fingerprint density at radius 2 is 2.12 bits per heavy atom. The van der Waals surface area contributed by atoms with Gasteiger partial charge in [-0.2, -0.15) is 4.98 Å². The minimum atomic E-state index is -0.445. The smallest absolute Gasteiger partial charge is 0.329 e. The average Bonchev–Trinajstić information content (AvgIpc) is 3.39. The number of nitrogens with zero attached hydrogens (tertiary/aromatic N) is 4. The van der Waals surface area contributed by atoms with E-state index < -0.39 is 4.92 Å². The van der Waals surface area contributed by atoms with Gasteiger partial charge in [0.1, 0.15) is 6.20 Å². The van der Waals surface area contributed by atoms with Crippen molar-refractivity contribution < 1.29 is 9.66 Å². The van der Waals surface area contributed by atoms with Crippen LogP contribution in [0.3, 0.4) is 0 Å². The molecule has 1 aliphatic carbocycles. The summed E-state index contributed by atoms with van der Waals surface area (Å²) in [5.41, 5.74) is -0.0777. The lowest BCUT2D eigenvalue weighted by atomic mass is 10.0. The summed E-state index contributed by atoms with van der Waals surface area (Å²) in [6.07, 6.45) is 3.33. The van der Waals surface area contributed by atoms with Crippen LogP contribution in [0.5, 0.6) is 0 Å². The van der Waals surface area contributed by atoms with Gasteiger partial charge in [0.05, 0.1) is 18.1 Å². The number of nitrogens with one attached hydrogen (secondary N) is 2. The van der Waals surface area contributed by atoms with Crippen LogP contribution in [-0.4, -0.2) is 64.7 Å². The summed E-state index contributed by atoms with van der Waals surface area (Å²) in [6.45, 7) is 8.43. The Balaban J connectivity index is 1.67. The van der Waals surface area contributed by atoms with Crippen molar-refractivity contribution >= 4 is 17.5 Å². The molecule has 2 heterocycles. The highest BCUT2D eigenvalue weighted by Gasteiger charge is 2.27. The second kappa shape index (κ2) is 7.92. The predicted octanol–water partition coefficient (Wildman–Crippen LogP) is 1.73. The minimum Gasteiger partial charge on any atom is -0.379 e. The molecule has 3 rings (SSSR count). The predicted molar refractivity (Wildman–Crippen MR) is 94.8 cm³/mol. The van der Waals surface area contributed by atoms with E-state index in [1.807, 2.05) is 0 Å². The van der Waals surface area contributed by atoms with Crippen LogP contribution in [0.25, 0.3) is 0 Å². The number of nitro groups is 1. The van der Waals surface area contributed by atoms with Gasteiger partial charge in [-0.25, -0.2) is 4.98 Å². The molecule has 2 aliphatic rings. The van der Waals surface area contributed by atoms with Crippen molar-refractivity contribution in [2.45, 2.75) is 38.8 Å². The highest BCUT2D eigenvalue weighted by atomic mass is 16.6. The minimum absolute atomic E-state index is 0.0777. The normalized spacial score (nSPS) is 19.6. The van der Waals surface area contributed by atoms with Crippen molar-refractivity contribution in [3.05, 3.63) is 16.3 Å². The summed E-state index contributed by atoms with van der Waals surface area (Å²) in [5, 5.41) is 17.5. The van der Waals surface area contributed by atoms with E-state index in [2.05, 4.69) is 39.3 Å². The molecule has 0 bridgehead atoms. The Hall–Kier alpha value is -2.00. The number of hydrogen-bond donors (Lipinski definition) is 2. The fourth-order valence-electron chi connectivity index (χ4n) is 3.01. The van der Waals surface area contributed by atoms with Gasteiger partial charge in [0.25, 0.3) is 0 Å². The van der Waals surface area contributed by atoms with E-state index in [1.165, 1.54) is 6.20 Å². The van der Waals surface area contributed by atoms with E-state index in [0.29, 0.717) is 36.3 Å². The van der Waals surface area contributed by atoms with Gasteiger partial charge in [-0.3, -0.25) is 15.0 Å². The summed E-state index contributed by atoms with van der Waals surface area (Å²) < 4.78 is 5.43. The summed E-state index contributed by atoms with van der Waals surface area (Å²) in [6, 6.07) is 0.626. The fourth-order valence-corrected chi connectivity index (χ4v) is 3.01. The second-order valence-electron chi connectivity index (χ2n) is 6.94. The zero-order valence-electron chi connectivity index (χ0n) is 14.8. The maximum Gasteiger partial charge on any atom is 0.329 e. The van der Waals surface area contributed by atoms with Crippen molar-refractivity contribution in [1.82, 2.24) is 14.9 Å². The maximum atomic E-state index is 11.1. The summed E-state index contributed by atoms with van der Waals surface area (Å²) in [5.74, 6) is 1.19. The summed E-state index contributed by atoms with van der Waals surface area (Å²) in [4.78, 5) is 21.6. The van der Waals surface area contributed by atoms with E-state index in [0.717, 1.165) is 39.1 Å². The number of ether oxygens (including phenoxy) is 1. The maximum absolute atomic E-state index is 11.1. The molecule has 0 aromatic carbocycles. The molecule has 1 aromatic rings. The van der Waals surface area contributed by atoms with Crippen LogP contribution in [0.2, 0.25) is 0 Å². The molecule has 0 amide bonds. The topological polar surface area (TPSA) is 105 Å².